The molecule has 0 unspecified atom stereocenters. The number of rotatable bonds is 7. The van der Waals surface area contributed by atoms with E-state index < -0.39 is 0 Å². The molecule has 0 saturated heterocycles. The van der Waals surface area contributed by atoms with Crippen molar-refractivity contribution in [3.8, 4) is 0 Å². The number of nitrogens with zero attached hydrogens (tertiary/aromatic N) is 3. The van der Waals surface area contributed by atoms with Crippen LogP contribution in [0.15, 0.2) is 18.3 Å². The number of hydrogen-bond donors (Lipinski definition) is 0. The first-order valence-electron chi connectivity index (χ1n) is 6.05. The summed E-state index contributed by atoms with van der Waals surface area (Å²) in [5.41, 5.74) is 0.0945. The van der Waals surface area contributed by atoms with Crippen LogP contribution in [-0.2, 0) is 0 Å². The molecule has 5 heteroatoms. The van der Waals surface area contributed by atoms with Crippen LogP contribution in [0.4, 0.5) is 11.5 Å². The first-order valence-corrected chi connectivity index (χ1v) is 6.05. The third-order valence-corrected chi connectivity index (χ3v) is 2.54. The van der Waals surface area contributed by atoms with Gasteiger partial charge in [-0.2, -0.15) is 0 Å². The molecule has 1 rings (SSSR count). The molecule has 17 heavy (non-hydrogen) atoms. The van der Waals surface area contributed by atoms with E-state index in [0.717, 1.165) is 32.4 Å². The average molecular weight is 237 g/mol. The second kappa shape index (κ2) is 6.83. The lowest BCUT2D eigenvalue weighted by atomic mass is 10.2. The molecule has 1 heterocycles. The maximum atomic E-state index is 10.9. The van der Waals surface area contributed by atoms with E-state index in [1.54, 1.807) is 12.3 Å². The van der Waals surface area contributed by atoms with Gasteiger partial charge in [-0.25, -0.2) is 4.98 Å². The summed E-state index contributed by atoms with van der Waals surface area (Å²) in [7, 11) is 0. The lowest BCUT2D eigenvalue weighted by Gasteiger charge is -2.22. The average Bonchev–Trinajstić information content (AvgIpc) is 2.34. The molecule has 0 aromatic carbocycles. The first kappa shape index (κ1) is 13.4. The Bertz CT molecular complexity index is 369. The molecule has 0 amide bonds. The van der Waals surface area contributed by atoms with Crippen molar-refractivity contribution in [1.82, 2.24) is 4.98 Å². The van der Waals surface area contributed by atoms with E-state index in [4.69, 9.17) is 0 Å². The van der Waals surface area contributed by atoms with Crippen molar-refractivity contribution in [1.29, 1.82) is 0 Å². The second-order valence-corrected chi connectivity index (χ2v) is 3.94. The summed E-state index contributed by atoms with van der Waals surface area (Å²) in [6.07, 6.45) is 4.66. The molecule has 94 valence electrons. The summed E-state index contributed by atoms with van der Waals surface area (Å²) in [5, 5.41) is 10.9. The molecule has 0 aliphatic rings. The standard InChI is InChI=1S/C12H19N3O2/c1-3-5-10-14(9-4-2)12-11(15(16)17)7-6-8-13-12/h6-8H,3-5,9-10H2,1-2H3. The van der Waals surface area contributed by atoms with E-state index in [1.807, 2.05) is 4.90 Å². The van der Waals surface area contributed by atoms with Crippen molar-refractivity contribution in [3.05, 3.63) is 28.4 Å². The summed E-state index contributed by atoms with van der Waals surface area (Å²) in [6, 6.07) is 3.11. The minimum absolute atomic E-state index is 0.0945. The van der Waals surface area contributed by atoms with Crippen LogP contribution in [0.3, 0.4) is 0 Å². The highest BCUT2D eigenvalue weighted by atomic mass is 16.6. The fourth-order valence-electron chi connectivity index (χ4n) is 1.72. The number of unbranched alkanes of at least 4 members (excludes halogenated alkanes) is 1. The Morgan fingerprint density at radius 3 is 2.71 bits per heavy atom. The smallest absolute Gasteiger partial charge is 0.311 e. The molecule has 0 atom stereocenters. The van der Waals surface area contributed by atoms with Gasteiger partial charge in [-0.05, 0) is 18.9 Å². The van der Waals surface area contributed by atoms with Crippen LogP contribution < -0.4 is 4.90 Å². The highest BCUT2D eigenvalue weighted by Gasteiger charge is 2.19. The van der Waals surface area contributed by atoms with Crippen molar-refractivity contribution in [2.45, 2.75) is 33.1 Å². The van der Waals surface area contributed by atoms with Crippen LogP contribution in [0.1, 0.15) is 33.1 Å². The quantitative estimate of drug-likeness (QED) is 0.540. The fraction of sp³-hybridized carbons (Fsp3) is 0.583. The van der Waals surface area contributed by atoms with Gasteiger partial charge >= 0.3 is 5.69 Å². The number of pyridine rings is 1. The van der Waals surface area contributed by atoms with Crippen molar-refractivity contribution >= 4 is 11.5 Å². The predicted octanol–water partition coefficient (Wildman–Crippen LogP) is 3.01. The minimum atomic E-state index is -0.364. The highest BCUT2D eigenvalue weighted by molar-refractivity contribution is 5.57. The van der Waals surface area contributed by atoms with Gasteiger partial charge in [0.15, 0.2) is 0 Å². The maximum Gasteiger partial charge on any atom is 0.311 e. The largest absolute Gasteiger partial charge is 0.351 e. The van der Waals surface area contributed by atoms with Gasteiger partial charge in [-0.1, -0.05) is 20.3 Å². The third-order valence-electron chi connectivity index (χ3n) is 2.54. The van der Waals surface area contributed by atoms with E-state index in [0.29, 0.717) is 5.82 Å². The molecule has 0 fully saturated rings. The van der Waals surface area contributed by atoms with Gasteiger partial charge < -0.3 is 4.90 Å². The molecule has 0 aliphatic carbocycles. The maximum absolute atomic E-state index is 10.9. The first-order chi connectivity index (χ1) is 8.20. The molecule has 5 nitrogen and oxygen atoms in total. The molecule has 1 aromatic heterocycles. The van der Waals surface area contributed by atoms with Crippen LogP contribution in [0.5, 0.6) is 0 Å². The molecule has 0 radical (unpaired) electrons. The van der Waals surface area contributed by atoms with E-state index in [1.165, 1.54) is 6.07 Å². The predicted molar refractivity (Wildman–Crippen MR) is 68.3 cm³/mol. The number of anilines is 1. The Morgan fingerprint density at radius 2 is 2.12 bits per heavy atom. The monoisotopic (exact) mass is 237 g/mol. The lowest BCUT2D eigenvalue weighted by Crippen LogP contribution is -2.26. The Labute approximate surface area is 102 Å². The Hall–Kier alpha value is -1.65. The molecule has 0 spiro atoms. The van der Waals surface area contributed by atoms with Gasteiger partial charge in [0.05, 0.1) is 4.92 Å². The summed E-state index contributed by atoms with van der Waals surface area (Å²) in [6.45, 7) is 5.80. The summed E-state index contributed by atoms with van der Waals surface area (Å²) in [5.74, 6) is 0.493. The van der Waals surface area contributed by atoms with Crippen molar-refractivity contribution in [2.24, 2.45) is 0 Å². The van der Waals surface area contributed by atoms with Crippen LogP contribution in [0.2, 0.25) is 0 Å². The van der Waals surface area contributed by atoms with E-state index >= 15 is 0 Å². The van der Waals surface area contributed by atoms with Crippen molar-refractivity contribution < 1.29 is 4.92 Å². The zero-order valence-electron chi connectivity index (χ0n) is 10.4. The summed E-state index contributed by atoms with van der Waals surface area (Å²) >= 11 is 0. The molecule has 0 bridgehead atoms. The van der Waals surface area contributed by atoms with E-state index in [2.05, 4.69) is 18.8 Å². The highest BCUT2D eigenvalue weighted by Crippen LogP contribution is 2.25. The summed E-state index contributed by atoms with van der Waals surface area (Å²) in [4.78, 5) is 16.7. The molecule has 0 aliphatic heterocycles. The third kappa shape index (κ3) is 3.69. The van der Waals surface area contributed by atoms with Crippen LogP contribution >= 0.6 is 0 Å². The lowest BCUT2D eigenvalue weighted by molar-refractivity contribution is -0.384. The Balaban J connectivity index is 2.95. The van der Waals surface area contributed by atoms with Crippen LogP contribution in [0.25, 0.3) is 0 Å². The normalized spacial score (nSPS) is 10.2. The number of nitro groups is 1. The van der Waals surface area contributed by atoms with E-state index in [-0.39, 0.29) is 10.6 Å². The van der Waals surface area contributed by atoms with Crippen LogP contribution in [0, 0.1) is 10.1 Å². The number of aromatic nitrogens is 1. The van der Waals surface area contributed by atoms with Gasteiger partial charge in [0, 0.05) is 25.4 Å². The molecule has 1 aromatic rings. The Kier molecular flexibility index (Phi) is 5.39. The van der Waals surface area contributed by atoms with Gasteiger partial charge in [0.1, 0.15) is 0 Å². The van der Waals surface area contributed by atoms with E-state index in [9.17, 15) is 10.1 Å². The molecule has 0 N–H and O–H groups in total. The van der Waals surface area contributed by atoms with Crippen LogP contribution in [-0.4, -0.2) is 23.0 Å². The summed E-state index contributed by atoms with van der Waals surface area (Å²) < 4.78 is 0. The Morgan fingerprint density at radius 1 is 1.35 bits per heavy atom. The number of hydrogen-bond acceptors (Lipinski definition) is 4. The van der Waals surface area contributed by atoms with Gasteiger partial charge in [0.2, 0.25) is 5.82 Å². The SMILES string of the molecule is CCCCN(CCC)c1ncccc1[N+](=O)[O-]. The van der Waals surface area contributed by atoms with Crippen molar-refractivity contribution in [2.75, 3.05) is 18.0 Å². The minimum Gasteiger partial charge on any atom is -0.351 e. The zero-order valence-corrected chi connectivity index (χ0v) is 10.4. The fourth-order valence-corrected chi connectivity index (χ4v) is 1.72. The zero-order chi connectivity index (χ0) is 12.7. The topological polar surface area (TPSA) is 59.3 Å². The molecule has 0 saturated carbocycles. The van der Waals surface area contributed by atoms with Gasteiger partial charge in [-0.3, -0.25) is 10.1 Å². The van der Waals surface area contributed by atoms with Crippen molar-refractivity contribution in [3.63, 3.8) is 0 Å². The molecular weight excluding hydrogens is 218 g/mol. The van der Waals surface area contributed by atoms with Gasteiger partial charge in [-0.15, -0.1) is 0 Å². The second-order valence-electron chi connectivity index (χ2n) is 3.94. The van der Waals surface area contributed by atoms with Gasteiger partial charge in [0.25, 0.3) is 0 Å². The molecular formula is C12H19N3O2.